The van der Waals surface area contributed by atoms with Gasteiger partial charge in [0.05, 0.1) is 31.2 Å². The van der Waals surface area contributed by atoms with Gasteiger partial charge < -0.3 is 18.6 Å². The third-order valence-electron chi connectivity index (χ3n) is 5.15. The van der Waals surface area contributed by atoms with Crippen molar-refractivity contribution in [1.29, 1.82) is 0 Å². The second kappa shape index (κ2) is 6.61. The van der Waals surface area contributed by atoms with Crippen molar-refractivity contribution in [3.8, 4) is 0 Å². The normalized spacial score (nSPS) is 16.9. The summed E-state index contributed by atoms with van der Waals surface area (Å²) in [6, 6.07) is 7.72. The Morgan fingerprint density at radius 1 is 1.38 bits per heavy atom. The fourth-order valence-electron chi connectivity index (χ4n) is 3.67. The third-order valence-corrected chi connectivity index (χ3v) is 5.15. The van der Waals surface area contributed by atoms with E-state index < -0.39 is 0 Å². The minimum atomic E-state index is -0.0975. The van der Waals surface area contributed by atoms with Crippen LogP contribution in [0.1, 0.15) is 34.4 Å². The van der Waals surface area contributed by atoms with Crippen molar-refractivity contribution >= 4 is 16.9 Å². The van der Waals surface area contributed by atoms with E-state index in [1.54, 1.807) is 0 Å². The summed E-state index contributed by atoms with van der Waals surface area (Å²) in [5, 5.41) is 0.979. The summed E-state index contributed by atoms with van der Waals surface area (Å²) >= 11 is 0. The van der Waals surface area contributed by atoms with Crippen LogP contribution in [0.25, 0.3) is 11.0 Å². The predicted molar refractivity (Wildman–Crippen MR) is 98.0 cm³/mol. The average molecular weight is 353 g/mol. The highest BCUT2D eigenvalue weighted by molar-refractivity contribution is 5.99. The zero-order valence-corrected chi connectivity index (χ0v) is 15.4. The van der Waals surface area contributed by atoms with Crippen molar-refractivity contribution in [2.24, 2.45) is 7.05 Å². The number of imidazole rings is 1. The molecule has 0 spiro atoms. The van der Waals surface area contributed by atoms with Gasteiger partial charge in [0, 0.05) is 36.7 Å². The van der Waals surface area contributed by atoms with Gasteiger partial charge in [-0.15, -0.1) is 0 Å². The molecule has 6 nitrogen and oxygen atoms in total. The van der Waals surface area contributed by atoms with E-state index in [1.165, 1.54) is 5.69 Å². The first-order valence-electron chi connectivity index (χ1n) is 8.96. The fourth-order valence-corrected chi connectivity index (χ4v) is 3.67. The second-order valence-corrected chi connectivity index (χ2v) is 6.75. The Hall–Kier alpha value is -2.60. The minimum absolute atomic E-state index is 0.0297. The number of aryl methyl sites for hydroxylation is 2. The smallest absolute Gasteiger partial charge is 0.290 e. The lowest BCUT2D eigenvalue weighted by Gasteiger charge is -2.35. The van der Waals surface area contributed by atoms with Crippen LogP contribution in [0.3, 0.4) is 0 Å². The highest BCUT2D eigenvalue weighted by Gasteiger charge is 2.35. The standard InChI is InChI=1S/C20H23N3O3/c1-4-25-11-14-9-17-16(21-12-22(17)3)10-23(14)20(24)19-13(2)15-7-5-6-8-18(15)26-19/h5-8,12,14H,4,9-11H2,1-3H3/t14-/m1/s1. The highest BCUT2D eigenvalue weighted by Crippen LogP contribution is 2.29. The van der Waals surface area contributed by atoms with E-state index in [0.717, 1.165) is 28.6 Å². The van der Waals surface area contributed by atoms with Gasteiger partial charge in [0.25, 0.3) is 5.91 Å². The molecule has 0 unspecified atom stereocenters. The summed E-state index contributed by atoms with van der Waals surface area (Å²) in [4.78, 5) is 19.6. The maximum Gasteiger partial charge on any atom is 0.290 e. The SMILES string of the molecule is CCOC[C@H]1Cc2c(ncn2C)CN1C(=O)c1oc2ccccc2c1C. The summed E-state index contributed by atoms with van der Waals surface area (Å²) in [7, 11) is 1.99. The molecule has 0 saturated heterocycles. The van der Waals surface area contributed by atoms with Gasteiger partial charge in [-0.2, -0.15) is 0 Å². The summed E-state index contributed by atoms with van der Waals surface area (Å²) in [5.41, 5.74) is 3.74. The summed E-state index contributed by atoms with van der Waals surface area (Å²) < 4.78 is 13.6. The maximum absolute atomic E-state index is 13.3. The van der Waals surface area contributed by atoms with Crippen molar-refractivity contribution < 1.29 is 13.9 Å². The van der Waals surface area contributed by atoms with Crippen LogP contribution in [0.15, 0.2) is 35.0 Å². The number of para-hydroxylation sites is 1. The lowest BCUT2D eigenvalue weighted by atomic mass is 10.0. The molecule has 1 amide bonds. The van der Waals surface area contributed by atoms with Crippen molar-refractivity contribution in [1.82, 2.24) is 14.5 Å². The molecule has 0 bridgehead atoms. The number of fused-ring (bicyclic) bond motifs is 2. The molecule has 3 heterocycles. The summed E-state index contributed by atoms with van der Waals surface area (Å²) in [6.07, 6.45) is 2.54. The Labute approximate surface area is 152 Å². The molecule has 1 atom stereocenters. The molecule has 1 aromatic carbocycles. The highest BCUT2D eigenvalue weighted by atomic mass is 16.5. The lowest BCUT2D eigenvalue weighted by molar-refractivity contribution is 0.0364. The lowest BCUT2D eigenvalue weighted by Crippen LogP contribution is -2.47. The molecule has 0 N–H and O–H groups in total. The molecule has 6 heteroatoms. The Morgan fingerprint density at radius 2 is 2.19 bits per heavy atom. The number of furan rings is 1. The Bertz CT molecular complexity index is 957. The molecule has 0 fully saturated rings. The van der Waals surface area contributed by atoms with Crippen LogP contribution in [0, 0.1) is 6.92 Å². The number of ether oxygens (including phenoxy) is 1. The number of rotatable bonds is 4. The molecule has 2 aromatic heterocycles. The number of aromatic nitrogens is 2. The van der Waals surface area contributed by atoms with E-state index in [0.29, 0.717) is 25.5 Å². The minimum Gasteiger partial charge on any atom is -0.451 e. The van der Waals surface area contributed by atoms with E-state index in [2.05, 4.69) is 4.98 Å². The molecule has 0 saturated carbocycles. The van der Waals surface area contributed by atoms with E-state index in [-0.39, 0.29) is 11.9 Å². The monoisotopic (exact) mass is 353 g/mol. The molecule has 3 aromatic rings. The van der Waals surface area contributed by atoms with Crippen LogP contribution in [0.4, 0.5) is 0 Å². The third kappa shape index (κ3) is 2.70. The van der Waals surface area contributed by atoms with Gasteiger partial charge in [-0.3, -0.25) is 4.79 Å². The molecule has 26 heavy (non-hydrogen) atoms. The second-order valence-electron chi connectivity index (χ2n) is 6.75. The number of benzene rings is 1. The molecule has 0 radical (unpaired) electrons. The predicted octanol–water partition coefficient (Wildman–Crippen LogP) is 3.08. The summed E-state index contributed by atoms with van der Waals surface area (Å²) in [5.74, 6) is 0.312. The first kappa shape index (κ1) is 16.8. The maximum atomic E-state index is 13.3. The largest absolute Gasteiger partial charge is 0.451 e. The number of carbonyl (C=O) groups excluding carboxylic acids is 1. The van der Waals surface area contributed by atoms with Gasteiger partial charge in [-0.25, -0.2) is 4.98 Å². The first-order chi connectivity index (χ1) is 12.6. The van der Waals surface area contributed by atoms with E-state index in [1.807, 2.05) is 61.0 Å². The van der Waals surface area contributed by atoms with Gasteiger partial charge in [-0.1, -0.05) is 18.2 Å². The van der Waals surface area contributed by atoms with Gasteiger partial charge >= 0.3 is 0 Å². The zero-order chi connectivity index (χ0) is 18.3. The number of hydrogen-bond acceptors (Lipinski definition) is 4. The van der Waals surface area contributed by atoms with Crippen LogP contribution in [0.2, 0.25) is 0 Å². The zero-order valence-electron chi connectivity index (χ0n) is 15.4. The summed E-state index contributed by atoms with van der Waals surface area (Å²) in [6.45, 7) is 5.51. The number of carbonyl (C=O) groups is 1. The fraction of sp³-hybridized carbons (Fsp3) is 0.400. The van der Waals surface area contributed by atoms with Crippen LogP contribution in [-0.4, -0.2) is 39.6 Å². The molecule has 1 aliphatic rings. The molecule has 136 valence electrons. The van der Waals surface area contributed by atoms with Gasteiger partial charge in [0.2, 0.25) is 0 Å². The van der Waals surface area contributed by atoms with E-state index in [4.69, 9.17) is 9.15 Å². The molecule has 0 aliphatic carbocycles. The van der Waals surface area contributed by atoms with Crippen molar-refractivity contribution in [2.45, 2.75) is 32.9 Å². The van der Waals surface area contributed by atoms with Crippen molar-refractivity contribution in [2.75, 3.05) is 13.2 Å². The number of hydrogen-bond donors (Lipinski definition) is 0. The Kier molecular flexibility index (Phi) is 4.28. The van der Waals surface area contributed by atoms with Crippen LogP contribution in [-0.2, 0) is 24.8 Å². The van der Waals surface area contributed by atoms with Crippen LogP contribution < -0.4 is 0 Å². The van der Waals surface area contributed by atoms with Gasteiger partial charge in [-0.05, 0) is 19.9 Å². The molecule has 4 rings (SSSR count). The number of amides is 1. The average Bonchev–Trinajstić information content (AvgIpc) is 3.19. The number of nitrogens with zero attached hydrogens (tertiary/aromatic N) is 3. The van der Waals surface area contributed by atoms with Crippen molar-refractivity contribution in [3.63, 3.8) is 0 Å². The first-order valence-corrected chi connectivity index (χ1v) is 8.96. The Balaban J connectivity index is 1.70. The topological polar surface area (TPSA) is 60.5 Å². The van der Waals surface area contributed by atoms with Gasteiger partial charge in [0.15, 0.2) is 5.76 Å². The van der Waals surface area contributed by atoms with Crippen LogP contribution in [0.5, 0.6) is 0 Å². The molecule has 1 aliphatic heterocycles. The van der Waals surface area contributed by atoms with E-state index >= 15 is 0 Å². The van der Waals surface area contributed by atoms with Gasteiger partial charge in [0.1, 0.15) is 5.58 Å². The van der Waals surface area contributed by atoms with Crippen molar-refractivity contribution in [3.05, 3.63) is 53.3 Å². The molecular formula is C20H23N3O3. The Morgan fingerprint density at radius 3 is 2.96 bits per heavy atom. The van der Waals surface area contributed by atoms with Crippen LogP contribution >= 0.6 is 0 Å². The molecular weight excluding hydrogens is 330 g/mol. The van der Waals surface area contributed by atoms with E-state index in [9.17, 15) is 4.79 Å². The quantitative estimate of drug-likeness (QED) is 0.723.